The third kappa shape index (κ3) is 8.06. The number of carbonyl (C=O) groups is 1. The van der Waals surface area contributed by atoms with Gasteiger partial charge in [-0.05, 0) is 38.5 Å². The van der Waals surface area contributed by atoms with E-state index in [0.29, 0.717) is 0 Å². The molecule has 0 aliphatic carbocycles. The molecule has 0 radical (unpaired) electrons. The number of halogens is 3. The van der Waals surface area contributed by atoms with E-state index in [1.807, 2.05) is 0 Å². The van der Waals surface area contributed by atoms with Crippen LogP contribution in [0.25, 0.3) is 0 Å². The summed E-state index contributed by atoms with van der Waals surface area (Å²) >= 11 is 0. The van der Waals surface area contributed by atoms with Crippen LogP contribution in [-0.4, -0.2) is 24.5 Å². The van der Waals surface area contributed by atoms with E-state index in [1.54, 1.807) is 32.9 Å². The number of ether oxygens (including phenoxy) is 2. The van der Waals surface area contributed by atoms with Gasteiger partial charge in [-0.3, -0.25) is 0 Å². The van der Waals surface area contributed by atoms with Gasteiger partial charge in [-0.2, -0.15) is 13.2 Å². The third-order valence-electron chi connectivity index (χ3n) is 2.16. The van der Waals surface area contributed by atoms with Crippen LogP contribution >= 0.6 is 0 Å². The first kappa shape index (κ1) is 17.1. The predicted molar refractivity (Wildman–Crippen MR) is 71.1 cm³/mol. The van der Waals surface area contributed by atoms with Gasteiger partial charge in [-0.1, -0.05) is 12.1 Å². The molecular formula is C14H18F3NO3. The maximum atomic E-state index is 12.0. The molecule has 1 aromatic carbocycles. The van der Waals surface area contributed by atoms with Crippen LogP contribution < -0.4 is 10.1 Å². The van der Waals surface area contributed by atoms with E-state index in [2.05, 4.69) is 10.1 Å². The maximum Gasteiger partial charge on any atom is 0.422 e. The molecular weight excluding hydrogens is 287 g/mol. The highest BCUT2D eigenvalue weighted by molar-refractivity contribution is 5.67. The lowest BCUT2D eigenvalue weighted by Gasteiger charge is -2.19. The summed E-state index contributed by atoms with van der Waals surface area (Å²) in [6.07, 6.45) is -4.92. The lowest BCUT2D eigenvalue weighted by Crippen LogP contribution is -2.32. The molecule has 0 saturated carbocycles. The molecule has 0 atom stereocenters. The normalized spacial score (nSPS) is 11.9. The Balaban J connectivity index is 2.43. The number of carbonyl (C=O) groups excluding carboxylic acids is 1. The van der Waals surface area contributed by atoms with Crippen molar-refractivity contribution in [2.45, 2.75) is 39.1 Å². The molecule has 0 aromatic heterocycles. The smallest absolute Gasteiger partial charge is 0.422 e. The van der Waals surface area contributed by atoms with E-state index < -0.39 is 24.5 Å². The molecule has 1 N–H and O–H groups in total. The highest BCUT2D eigenvalue weighted by atomic mass is 19.4. The molecule has 0 bridgehead atoms. The Hall–Kier alpha value is -1.92. The number of rotatable bonds is 4. The summed E-state index contributed by atoms with van der Waals surface area (Å²) in [4.78, 5) is 11.4. The van der Waals surface area contributed by atoms with Gasteiger partial charge in [-0.25, -0.2) is 4.79 Å². The molecule has 0 heterocycles. The van der Waals surface area contributed by atoms with Crippen molar-refractivity contribution in [1.29, 1.82) is 0 Å². The van der Waals surface area contributed by atoms with Gasteiger partial charge in [0, 0.05) is 6.54 Å². The SMILES string of the molecule is CC(C)(C)OC(=O)NCc1ccc(OCC(F)(F)F)cc1. The summed E-state index contributed by atoms with van der Waals surface area (Å²) in [7, 11) is 0. The molecule has 0 unspecified atom stereocenters. The zero-order valence-corrected chi connectivity index (χ0v) is 12.1. The number of hydrogen-bond donors (Lipinski definition) is 1. The Morgan fingerprint density at radius 2 is 1.71 bits per heavy atom. The summed E-state index contributed by atoms with van der Waals surface area (Å²) in [6.45, 7) is 4.13. The Morgan fingerprint density at radius 1 is 1.14 bits per heavy atom. The number of hydrogen-bond acceptors (Lipinski definition) is 3. The molecule has 0 aliphatic rings. The van der Waals surface area contributed by atoms with Gasteiger partial charge in [0.25, 0.3) is 0 Å². The van der Waals surface area contributed by atoms with Gasteiger partial charge in [0.05, 0.1) is 0 Å². The lowest BCUT2D eigenvalue weighted by molar-refractivity contribution is -0.153. The molecule has 0 spiro atoms. The van der Waals surface area contributed by atoms with Crippen LogP contribution in [0.15, 0.2) is 24.3 Å². The van der Waals surface area contributed by atoms with Crippen molar-refractivity contribution in [3.8, 4) is 5.75 Å². The van der Waals surface area contributed by atoms with Gasteiger partial charge in [-0.15, -0.1) is 0 Å². The number of benzene rings is 1. The molecule has 7 heteroatoms. The predicted octanol–water partition coefficient (Wildman–Crippen LogP) is 3.65. The molecule has 0 aliphatic heterocycles. The van der Waals surface area contributed by atoms with Crippen LogP contribution in [0.5, 0.6) is 5.75 Å². The zero-order valence-electron chi connectivity index (χ0n) is 12.1. The largest absolute Gasteiger partial charge is 0.484 e. The second-order valence-electron chi connectivity index (χ2n) is 5.40. The van der Waals surface area contributed by atoms with Gasteiger partial charge in [0.15, 0.2) is 6.61 Å². The highest BCUT2D eigenvalue weighted by Crippen LogP contribution is 2.18. The van der Waals surface area contributed by atoms with E-state index in [1.165, 1.54) is 12.1 Å². The standard InChI is InChI=1S/C14H18F3NO3/c1-13(2,3)21-12(19)18-8-10-4-6-11(7-5-10)20-9-14(15,16)17/h4-7H,8-9H2,1-3H3,(H,18,19). The summed E-state index contributed by atoms with van der Waals surface area (Å²) < 4.78 is 45.6. The van der Waals surface area contributed by atoms with Crippen LogP contribution in [-0.2, 0) is 11.3 Å². The van der Waals surface area contributed by atoms with Crippen LogP contribution in [0.4, 0.5) is 18.0 Å². The second-order valence-corrected chi connectivity index (χ2v) is 5.40. The molecule has 1 rings (SSSR count). The maximum absolute atomic E-state index is 12.0. The van der Waals surface area contributed by atoms with Crippen LogP contribution in [0.3, 0.4) is 0 Å². The summed E-state index contributed by atoms with van der Waals surface area (Å²) in [5.74, 6) is 0.119. The minimum Gasteiger partial charge on any atom is -0.484 e. The minimum absolute atomic E-state index is 0.119. The molecule has 1 amide bonds. The van der Waals surface area contributed by atoms with Gasteiger partial charge in [0.1, 0.15) is 11.4 Å². The van der Waals surface area contributed by atoms with Gasteiger partial charge in [0.2, 0.25) is 0 Å². The zero-order chi connectivity index (χ0) is 16.1. The van der Waals surface area contributed by atoms with Crippen molar-refractivity contribution in [1.82, 2.24) is 5.32 Å². The minimum atomic E-state index is -4.36. The number of amides is 1. The first-order valence-electron chi connectivity index (χ1n) is 6.30. The van der Waals surface area contributed by atoms with Crippen molar-refractivity contribution in [3.05, 3.63) is 29.8 Å². The van der Waals surface area contributed by atoms with Gasteiger partial charge >= 0.3 is 12.3 Å². The first-order valence-corrected chi connectivity index (χ1v) is 6.30. The highest BCUT2D eigenvalue weighted by Gasteiger charge is 2.28. The van der Waals surface area contributed by atoms with E-state index >= 15 is 0 Å². The van der Waals surface area contributed by atoms with Crippen molar-refractivity contribution >= 4 is 6.09 Å². The Kier molecular flexibility index (Phi) is 5.46. The fraction of sp³-hybridized carbons (Fsp3) is 0.500. The fourth-order valence-corrected chi connectivity index (χ4v) is 1.36. The topological polar surface area (TPSA) is 47.6 Å². The quantitative estimate of drug-likeness (QED) is 0.923. The Bertz CT molecular complexity index is 464. The molecule has 4 nitrogen and oxygen atoms in total. The van der Waals surface area contributed by atoms with E-state index in [0.717, 1.165) is 5.56 Å². The molecule has 1 aromatic rings. The van der Waals surface area contributed by atoms with Crippen LogP contribution in [0.1, 0.15) is 26.3 Å². The molecule has 21 heavy (non-hydrogen) atoms. The second kappa shape index (κ2) is 6.69. The number of nitrogens with one attached hydrogen (secondary N) is 1. The van der Waals surface area contributed by atoms with Crippen molar-refractivity contribution in [3.63, 3.8) is 0 Å². The average molecular weight is 305 g/mol. The Labute approximate surface area is 121 Å². The van der Waals surface area contributed by atoms with E-state index in [4.69, 9.17) is 4.74 Å². The summed E-state index contributed by atoms with van der Waals surface area (Å²) in [6, 6.07) is 5.97. The van der Waals surface area contributed by atoms with Crippen LogP contribution in [0, 0.1) is 0 Å². The van der Waals surface area contributed by atoms with Crippen molar-refractivity contribution in [2.75, 3.05) is 6.61 Å². The monoisotopic (exact) mass is 305 g/mol. The summed E-state index contributed by atoms with van der Waals surface area (Å²) in [5, 5.41) is 2.55. The number of alkyl halides is 3. The fourth-order valence-electron chi connectivity index (χ4n) is 1.36. The molecule has 0 fully saturated rings. The van der Waals surface area contributed by atoms with Crippen molar-refractivity contribution in [2.24, 2.45) is 0 Å². The van der Waals surface area contributed by atoms with Gasteiger partial charge < -0.3 is 14.8 Å². The van der Waals surface area contributed by atoms with Crippen LogP contribution in [0.2, 0.25) is 0 Å². The summed E-state index contributed by atoms with van der Waals surface area (Å²) in [5.41, 5.74) is 0.138. The molecule has 118 valence electrons. The third-order valence-corrected chi connectivity index (χ3v) is 2.16. The average Bonchev–Trinajstić information content (AvgIpc) is 2.32. The Morgan fingerprint density at radius 3 is 2.19 bits per heavy atom. The van der Waals surface area contributed by atoms with E-state index in [-0.39, 0.29) is 12.3 Å². The van der Waals surface area contributed by atoms with Crippen molar-refractivity contribution < 1.29 is 27.4 Å². The first-order chi connectivity index (χ1) is 9.55. The lowest BCUT2D eigenvalue weighted by atomic mass is 10.2. The number of alkyl carbamates (subject to hydrolysis) is 1. The molecule has 0 saturated heterocycles. The van der Waals surface area contributed by atoms with E-state index in [9.17, 15) is 18.0 Å².